The van der Waals surface area contributed by atoms with Crippen molar-refractivity contribution in [3.8, 4) is 0 Å². The summed E-state index contributed by atoms with van der Waals surface area (Å²) in [5, 5.41) is 0.469. The molecule has 5 heteroatoms. The molecule has 0 saturated carbocycles. The SMILES string of the molecule is [B]c1cc2c(cc1C)nc(Cl)c1c(C)ncn12. The smallest absolute Gasteiger partial charge is 0.155 e. The molecule has 0 aliphatic carbocycles. The zero-order chi connectivity index (χ0) is 12.2. The Bertz CT molecular complexity index is 748. The van der Waals surface area contributed by atoms with E-state index in [1.54, 1.807) is 6.33 Å². The minimum atomic E-state index is 0.469. The number of nitrogens with zero attached hydrogens (tertiary/aromatic N) is 3. The Kier molecular flexibility index (Phi) is 2.16. The Balaban J connectivity index is 2.59. The fraction of sp³-hybridized carbons (Fsp3) is 0.167. The first-order chi connectivity index (χ1) is 8.08. The molecule has 3 nitrogen and oxygen atoms in total. The third-order valence-electron chi connectivity index (χ3n) is 2.99. The van der Waals surface area contributed by atoms with Crippen LogP contribution in [-0.4, -0.2) is 22.2 Å². The van der Waals surface area contributed by atoms with Crippen molar-refractivity contribution in [2.24, 2.45) is 0 Å². The number of halogens is 1. The van der Waals surface area contributed by atoms with Crippen LogP contribution in [0.1, 0.15) is 11.3 Å². The number of rotatable bonds is 0. The molecule has 0 spiro atoms. The van der Waals surface area contributed by atoms with Crippen molar-refractivity contribution in [1.29, 1.82) is 0 Å². The average Bonchev–Trinajstić information content (AvgIpc) is 2.65. The quantitative estimate of drug-likeness (QED) is 0.563. The van der Waals surface area contributed by atoms with Crippen LogP contribution in [0.2, 0.25) is 5.15 Å². The standard InChI is InChI=1S/C12H9BClN3/c1-6-3-9-10(4-8(6)13)17-5-15-7(2)11(17)12(14)16-9/h3-5H,1-2H3. The summed E-state index contributed by atoms with van der Waals surface area (Å²) in [6, 6.07) is 3.84. The maximum Gasteiger partial charge on any atom is 0.155 e. The van der Waals surface area contributed by atoms with E-state index < -0.39 is 0 Å². The van der Waals surface area contributed by atoms with Crippen LogP contribution < -0.4 is 5.46 Å². The molecule has 0 aliphatic heterocycles. The van der Waals surface area contributed by atoms with E-state index in [1.807, 2.05) is 30.4 Å². The molecule has 0 unspecified atom stereocenters. The van der Waals surface area contributed by atoms with Gasteiger partial charge >= 0.3 is 0 Å². The Morgan fingerprint density at radius 2 is 2.06 bits per heavy atom. The Morgan fingerprint density at radius 3 is 2.82 bits per heavy atom. The number of imidazole rings is 1. The second kappa shape index (κ2) is 3.47. The maximum atomic E-state index is 6.17. The number of hydrogen-bond acceptors (Lipinski definition) is 2. The topological polar surface area (TPSA) is 30.2 Å². The van der Waals surface area contributed by atoms with Gasteiger partial charge in [0.1, 0.15) is 19.7 Å². The largest absolute Gasteiger partial charge is 0.294 e. The summed E-state index contributed by atoms with van der Waals surface area (Å²) in [6.07, 6.45) is 1.75. The molecule has 2 radical (unpaired) electrons. The zero-order valence-corrected chi connectivity index (χ0v) is 10.3. The first-order valence-corrected chi connectivity index (χ1v) is 5.64. The highest BCUT2D eigenvalue weighted by Gasteiger charge is 2.10. The predicted octanol–water partition coefficient (Wildman–Crippen LogP) is 1.95. The second-order valence-corrected chi connectivity index (χ2v) is 4.51. The molecule has 0 N–H and O–H groups in total. The van der Waals surface area contributed by atoms with E-state index in [0.717, 1.165) is 33.3 Å². The van der Waals surface area contributed by atoms with Gasteiger partial charge in [-0.3, -0.25) is 4.40 Å². The summed E-state index contributed by atoms with van der Waals surface area (Å²) in [5.41, 5.74) is 5.19. The number of aryl methyl sites for hydroxylation is 2. The van der Waals surface area contributed by atoms with Crippen LogP contribution in [0.25, 0.3) is 16.6 Å². The van der Waals surface area contributed by atoms with Gasteiger partial charge in [0, 0.05) is 0 Å². The summed E-state index contributed by atoms with van der Waals surface area (Å²) < 4.78 is 1.93. The van der Waals surface area contributed by atoms with Gasteiger partial charge in [-0.05, 0) is 26.0 Å². The molecule has 3 rings (SSSR count). The lowest BCUT2D eigenvalue weighted by Crippen LogP contribution is -2.08. The molecular weight excluding hydrogens is 232 g/mol. The maximum absolute atomic E-state index is 6.17. The van der Waals surface area contributed by atoms with E-state index in [-0.39, 0.29) is 0 Å². The second-order valence-electron chi connectivity index (χ2n) is 4.15. The van der Waals surface area contributed by atoms with Crippen LogP contribution in [0, 0.1) is 13.8 Å². The molecule has 82 valence electrons. The van der Waals surface area contributed by atoms with Crippen LogP contribution in [0.3, 0.4) is 0 Å². The van der Waals surface area contributed by atoms with Crippen molar-refractivity contribution >= 4 is 41.5 Å². The van der Waals surface area contributed by atoms with E-state index in [1.165, 1.54) is 0 Å². The van der Waals surface area contributed by atoms with Crippen LogP contribution in [0.15, 0.2) is 18.5 Å². The molecule has 1 aromatic carbocycles. The zero-order valence-electron chi connectivity index (χ0n) is 9.53. The normalized spacial score (nSPS) is 11.5. The van der Waals surface area contributed by atoms with Gasteiger partial charge in [-0.1, -0.05) is 22.6 Å². The highest BCUT2D eigenvalue weighted by Crippen LogP contribution is 2.23. The first kappa shape index (κ1) is 10.6. The highest BCUT2D eigenvalue weighted by atomic mass is 35.5. The Hall–Kier alpha value is -1.55. The van der Waals surface area contributed by atoms with Gasteiger partial charge in [0.05, 0.1) is 16.7 Å². The summed E-state index contributed by atoms with van der Waals surface area (Å²) in [6.45, 7) is 3.86. The molecule has 2 aromatic heterocycles. The van der Waals surface area contributed by atoms with Crippen molar-refractivity contribution in [3.63, 3.8) is 0 Å². The van der Waals surface area contributed by atoms with Gasteiger partial charge in [0.25, 0.3) is 0 Å². The first-order valence-electron chi connectivity index (χ1n) is 5.27. The summed E-state index contributed by atoms with van der Waals surface area (Å²) >= 11 is 6.17. The van der Waals surface area contributed by atoms with Crippen molar-refractivity contribution in [2.75, 3.05) is 0 Å². The number of hydrogen-bond donors (Lipinski definition) is 0. The molecule has 0 atom stereocenters. The Morgan fingerprint density at radius 1 is 1.29 bits per heavy atom. The number of benzene rings is 1. The van der Waals surface area contributed by atoms with Crippen LogP contribution in [0.4, 0.5) is 0 Å². The van der Waals surface area contributed by atoms with Gasteiger partial charge in [-0.2, -0.15) is 0 Å². The predicted molar refractivity (Wildman–Crippen MR) is 70.4 cm³/mol. The van der Waals surface area contributed by atoms with Crippen molar-refractivity contribution in [1.82, 2.24) is 14.4 Å². The third kappa shape index (κ3) is 1.44. The van der Waals surface area contributed by atoms with E-state index in [2.05, 4.69) is 9.97 Å². The minimum absolute atomic E-state index is 0.469. The van der Waals surface area contributed by atoms with Crippen LogP contribution in [0.5, 0.6) is 0 Å². The fourth-order valence-corrected chi connectivity index (χ4v) is 2.33. The van der Waals surface area contributed by atoms with E-state index in [9.17, 15) is 0 Å². The number of aromatic nitrogens is 3. The molecule has 17 heavy (non-hydrogen) atoms. The molecule has 0 amide bonds. The van der Waals surface area contributed by atoms with Gasteiger partial charge < -0.3 is 0 Å². The monoisotopic (exact) mass is 241 g/mol. The number of fused-ring (bicyclic) bond motifs is 3. The molecule has 2 heterocycles. The Labute approximate surface area is 105 Å². The minimum Gasteiger partial charge on any atom is -0.294 e. The lowest BCUT2D eigenvalue weighted by atomic mass is 9.91. The summed E-state index contributed by atoms with van der Waals surface area (Å²) in [7, 11) is 5.93. The average molecular weight is 241 g/mol. The van der Waals surface area contributed by atoms with Gasteiger partial charge in [0.2, 0.25) is 0 Å². The van der Waals surface area contributed by atoms with Gasteiger partial charge in [0.15, 0.2) is 5.15 Å². The lowest BCUT2D eigenvalue weighted by molar-refractivity contribution is 1.18. The molecule has 0 saturated heterocycles. The van der Waals surface area contributed by atoms with Crippen molar-refractivity contribution in [3.05, 3.63) is 34.9 Å². The van der Waals surface area contributed by atoms with E-state index in [4.69, 9.17) is 19.4 Å². The molecule has 0 bridgehead atoms. The van der Waals surface area contributed by atoms with E-state index in [0.29, 0.717) is 5.15 Å². The van der Waals surface area contributed by atoms with Crippen molar-refractivity contribution < 1.29 is 0 Å². The van der Waals surface area contributed by atoms with Gasteiger partial charge in [-0.15, -0.1) is 0 Å². The van der Waals surface area contributed by atoms with Crippen LogP contribution >= 0.6 is 11.6 Å². The lowest BCUT2D eigenvalue weighted by Gasteiger charge is -2.07. The highest BCUT2D eigenvalue weighted by molar-refractivity contribution is 6.35. The molecule has 3 aromatic rings. The van der Waals surface area contributed by atoms with Crippen molar-refractivity contribution in [2.45, 2.75) is 13.8 Å². The molecule has 0 fully saturated rings. The van der Waals surface area contributed by atoms with Gasteiger partial charge in [-0.25, -0.2) is 9.97 Å². The summed E-state index contributed by atoms with van der Waals surface area (Å²) in [4.78, 5) is 8.64. The fourth-order valence-electron chi connectivity index (χ4n) is 2.01. The summed E-state index contributed by atoms with van der Waals surface area (Å²) in [5.74, 6) is 0. The molecular formula is C12H9BClN3. The molecule has 0 aliphatic rings. The van der Waals surface area contributed by atoms with E-state index >= 15 is 0 Å². The van der Waals surface area contributed by atoms with Crippen LogP contribution in [-0.2, 0) is 0 Å². The third-order valence-corrected chi connectivity index (χ3v) is 3.25.